The summed E-state index contributed by atoms with van der Waals surface area (Å²) in [6.45, 7) is 2.98. The highest BCUT2D eigenvalue weighted by molar-refractivity contribution is 7.99. The number of rotatable bonds is 5. The third-order valence-electron chi connectivity index (χ3n) is 5.18. The lowest BCUT2D eigenvalue weighted by Crippen LogP contribution is -2.38. The van der Waals surface area contributed by atoms with Gasteiger partial charge >= 0.3 is 0 Å². The molecule has 2 aliphatic rings. The summed E-state index contributed by atoms with van der Waals surface area (Å²) < 4.78 is 5.48. The fourth-order valence-electron chi connectivity index (χ4n) is 3.65. The van der Waals surface area contributed by atoms with Gasteiger partial charge in [-0.3, -0.25) is 0 Å². The van der Waals surface area contributed by atoms with Crippen LogP contribution in [0.1, 0.15) is 38.5 Å². The van der Waals surface area contributed by atoms with E-state index in [1.54, 1.807) is 18.5 Å². The first-order chi connectivity index (χ1) is 14.8. The number of morpholine rings is 1. The second-order valence-electron chi connectivity index (χ2n) is 7.41. The maximum absolute atomic E-state index is 5.57. The average molecular weight is 446 g/mol. The first-order valence-corrected chi connectivity index (χ1v) is 11.7. The fourth-order valence-corrected chi connectivity index (χ4v) is 4.62. The smallest absolute Gasteiger partial charge is 0.232 e. The van der Waals surface area contributed by atoms with Crippen LogP contribution in [0.2, 0.25) is 0 Å². The van der Waals surface area contributed by atoms with Crippen LogP contribution in [-0.2, 0) is 4.74 Å². The molecule has 0 aromatic carbocycles. The maximum atomic E-state index is 5.57. The van der Waals surface area contributed by atoms with Gasteiger partial charge in [-0.1, -0.05) is 25.7 Å². The minimum atomic E-state index is 0.418. The Morgan fingerprint density at radius 3 is 2.53 bits per heavy atom. The molecule has 0 unspecified atom stereocenters. The van der Waals surface area contributed by atoms with Gasteiger partial charge in [0.1, 0.15) is 10.8 Å². The van der Waals surface area contributed by atoms with Crippen LogP contribution in [-0.4, -0.2) is 57.4 Å². The lowest BCUT2D eigenvalue weighted by molar-refractivity contribution is 0.122. The molecule has 1 saturated carbocycles. The second kappa shape index (κ2) is 10.8. The van der Waals surface area contributed by atoms with Gasteiger partial charge in [-0.25, -0.2) is 15.0 Å². The Morgan fingerprint density at radius 1 is 1.07 bits per heavy atom. The van der Waals surface area contributed by atoms with Crippen LogP contribution in [0.3, 0.4) is 0 Å². The quantitative estimate of drug-likeness (QED) is 0.309. The van der Waals surface area contributed by atoms with Gasteiger partial charge in [0.2, 0.25) is 5.95 Å². The van der Waals surface area contributed by atoms with Gasteiger partial charge in [0.05, 0.1) is 13.2 Å². The van der Waals surface area contributed by atoms with Gasteiger partial charge in [-0.05, 0) is 42.9 Å². The molecule has 160 valence electrons. The number of nitrogens with zero attached hydrogens (tertiary/aromatic N) is 5. The standard InChI is InChI=1S/C20H27N7OS2/c29-19(23-15-6-3-1-2-4-7-15)26-18-24-16(27-10-12-28-13-11-27)14-17(25-18)30-20-21-8-5-9-22-20/h5,8-9,14-15H,1-4,6-7,10-13H2,(H2,23,24,25,26,29). The Labute approximate surface area is 186 Å². The Balaban J connectivity index is 1.49. The molecule has 2 N–H and O–H groups in total. The predicted molar refractivity (Wildman–Crippen MR) is 122 cm³/mol. The summed E-state index contributed by atoms with van der Waals surface area (Å²) in [4.78, 5) is 20.2. The van der Waals surface area contributed by atoms with E-state index in [1.807, 2.05) is 6.07 Å². The number of hydrogen-bond acceptors (Lipinski definition) is 8. The van der Waals surface area contributed by atoms with Crippen LogP contribution in [0, 0.1) is 0 Å². The molecule has 2 fully saturated rings. The van der Waals surface area contributed by atoms with Gasteiger partial charge in [0, 0.05) is 37.6 Å². The molecule has 0 radical (unpaired) electrons. The Morgan fingerprint density at radius 2 is 1.80 bits per heavy atom. The van der Waals surface area contributed by atoms with Crippen molar-refractivity contribution in [3.05, 3.63) is 24.5 Å². The highest BCUT2D eigenvalue weighted by Crippen LogP contribution is 2.27. The summed E-state index contributed by atoms with van der Waals surface area (Å²) in [6, 6.07) is 4.19. The topological polar surface area (TPSA) is 88.1 Å². The van der Waals surface area contributed by atoms with Crippen LogP contribution in [0.25, 0.3) is 0 Å². The number of ether oxygens (including phenoxy) is 1. The van der Waals surface area contributed by atoms with Gasteiger partial charge in [0.25, 0.3) is 0 Å². The molecule has 0 atom stereocenters. The number of hydrogen-bond donors (Lipinski definition) is 2. The number of nitrogens with one attached hydrogen (secondary N) is 2. The van der Waals surface area contributed by atoms with E-state index in [4.69, 9.17) is 21.9 Å². The van der Waals surface area contributed by atoms with Crippen molar-refractivity contribution in [2.75, 3.05) is 36.5 Å². The Kier molecular flexibility index (Phi) is 7.65. The monoisotopic (exact) mass is 445 g/mol. The highest BCUT2D eigenvalue weighted by atomic mass is 32.2. The molecule has 0 spiro atoms. The third kappa shape index (κ3) is 6.23. The molecular weight excluding hydrogens is 418 g/mol. The fraction of sp³-hybridized carbons (Fsp3) is 0.550. The maximum Gasteiger partial charge on any atom is 0.232 e. The molecular formula is C20H27N7OS2. The van der Waals surface area contributed by atoms with Gasteiger partial charge in [-0.2, -0.15) is 4.98 Å². The van der Waals surface area contributed by atoms with E-state index >= 15 is 0 Å². The lowest BCUT2D eigenvalue weighted by Gasteiger charge is -2.28. The zero-order valence-electron chi connectivity index (χ0n) is 16.9. The number of thiocarbonyl (C=S) groups is 1. The van der Waals surface area contributed by atoms with E-state index < -0.39 is 0 Å². The average Bonchev–Trinajstić information content (AvgIpc) is 3.03. The lowest BCUT2D eigenvalue weighted by atomic mass is 10.1. The molecule has 2 aromatic heterocycles. The second-order valence-corrected chi connectivity index (χ2v) is 8.80. The summed E-state index contributed by atoms with van der Waals surface area (Å²) in [5.74, 6) is 1.34. The Bertz CT molecular complexity index is 825. The minimum absolute atomic E-state index is 0.418. The largest absolute Gasteiger partial charge is 0.378 e. The first kappa shape index (κ1) is 21.2. The predicted octanol–water partition coefficient (Wildman–Crippen LogP) is 3.26. The van der Waals surface area contributed by atoms with Gasteiger partial charge in [-0.15, -0.1) is 0 Å². The van der Waals surface area contributed by atoms with E-state index in [-0.39, 0.29) is 0 Å². The van der Waals surface area contributed by atoms with Crippen LogP contribution in [0.15, 0.2) is 34.7 Å². The van der Waals surface area contributed by atoms with Crippen molar-refractivity contribution < 1.29 is 4.74 Å². The first-order valence-electron chi connectivity index (χ1n) is 10.5. The molecule has 1 saturated heterocycles. The van der Waals surface area contributed by atoms with Crippen LogP contribution < -0.4 is 15.5 Å². The van der Waals surface area contributed by atoms with Crippen LogP contribution in [0.4, 0.5) is 11.8 Å². The molecule has 30 heavy (non-hydrogen) atoms. The molecule has 0 amide bonds. The summed E-state index contributed by atoms with van der Waals surface area (Å²) in [5, 5.41) is 8.65. The van der Waals surface area contributed by atoms with Gasteiger partial charge < -0.3 is 20.3 Å². The van der Waals surface area contributed by atoms with E-state index in [9.17, 15) is 0 Å². The van der Waals surface area contributed by atoms with Crippen molar-refractivity contribution in [1.82, 2.24) is 25.3 Å². The third-order valence-corrected chi connectivity index (χ3v) is 6.21. The zero-order valence-corrected chi connectivity index (χ0v) is 18.6. The number of anilines is 2. The molecule has 0 bridgehead atoms. The highest BCUT2D eigenvalue weighted by Gasteiger charge is 2.18. The SMILES string of the molecule is S=C(Nc1nc(Sc2ncccn2)cc(N2CCOCC2)n1)NC1CCCCCC1. The summed E-state index contributed by atoms with van der Waals surface area (Å²) >= 11 is 6.98. The van der Waals surface area contributed by atoms with Crippen molar-refractivity contribution in [3.8, 4) is 0 Å². The molecule has 1 aliphatic carbocycles. The van der Waals surface area contributed by atoms with Crippen molar-refractivity contribution in [3.63, 3.8) is 0 Å². The van der Waals surface area contributed by atoms with Crippen molar-refractivity contribution in [2.24, 2.45) is 0 Å². The van der Waals surface area contributed by atoms with E-state index in [2.05, 4.69) is 30.5 Å². The van der Waals surface area contributed by atoms with Gasteiger partial charge in [0.15, 0.2) is 10.3 Å². The van der Waals surface area contributed by atoms with E-state index in [1.165, 1.54) is 37.4 Å². The Hall–Kier alpha value is -2.04. The van der Waals surface area contributed by atoms with Crippen molar-refractivity contribution >= 4 is 40.9 Å². The molecule has 2 aromatic rings. The van der Waals surface area contributed by atoms with Crippen molar-refractivity contribution in [1.29, 1.82) is 0 Å². The summed E-state index contributed by atoms with van der Waals surface area (Å²) in [5.41, 5.74) is 0. The van der Waals surface area contributed by atoms with Crippen molar-refractivity contribution in [2.45, 2.75) is 54.7 Å². The van der Waals surface area contributed by atoms with Crippen LogP contribution in [0.5, 0.6) is 0 Å². The van der Waals surface area contributed by atoms with Crippen LogP contribution >= 0.6 is 24.0 Å². The summed E-state index contributed by atoms with van der Waals surface area (Å²) in [6.07, 6.45) is 10.9. The number of aromatic nitrogens is 4. The van der Waals surface area contributed by atoms with E-state index in [0.29, 0.717) is 35.5 Å². The molecule has 3 heterocycles. The molecule has 10 heteroatoms. The molecule has 8 nitrogen and oxygen atoms in total. The summed E-state index contributed by atoms with van der Waals surface area (Å²) in [7, 11) is 0. The van der Waals surface area contributed by atoms with E-state index in [0.717, 1.165) is 36.8 Å². The minimum Gasteiger partial charge on any atom is -0.378 e. The molecule has 1 aliphatic heterocycles. The zero-order chi connectivity index (χ0) is 20.6. The normalized spacial score (nSPS) is 17.9. The molecule has 4 rings (SSSR count).